The molecule has 5 heteroatoms. The first-order valence-corrected chi connectivity index (χ1v) is 8.01. The summed E-state index contributed by atoms with van der Waals surface area (Å²) in [7, 11) is -0.318. The molecule has 0 saturated carbocycles. The zero-order valence-corrected chi connectivity index (χ0v) is 13.9. The van der Waals surface area contributed by atoms with Gasteiger partial charge in [0.05, 0.1) is 11.2 Å². The van der Waals surface area contributed by atoms with E-state index in [4.69, 9.17) is 9.31 Å². The van der Waals surface area contributed by atoms with Crippen LogP contribution in [0.25, 0.3) is 0 Å². The van der Waals surface area contributed by atoms with E-state index in [9.17, 15) is 4.79 Å². The van der Waals surface area contributed by atoms with Gasteiger partial charge in [-0.2, -0.15) is 0 Å². The zero-order chi connectivity index (χ0) is 16.0. The Morgan fingerprint density at radius 3 is 1.95 bits per heavy atom. The molecule has 2 fully saturated rings. The Hall–Kier alpha value is -1.33. The van der Waals surface area contributed by atoms with Crippen molar-refractivity contribution >= 4 is 24.1 Å². The summed E-state index contributed by atoms with van der Waals surface area (Å²) in [5, 5.41) is 0. The molecule has 0 aromatic heterocycles. The van der Waals surface area contributed by atoms with Crippen molar-refractivity contribution in [1.29, 1.82) is 0 Å². The van der Waals surface area contributed by atoms with Gasteiger partial charge in [0.2, 0.25) is 0 Å². The van der Waals surface area contributed by atoms with E-state index in [-0.39, 0.29) is 18.3 Å². The molecule has 3 rings (SSSR count). The molecule has 0 aliphatic carbocycles. The van der Waals surface area contributed by atoms with Gasteiger partial charge >= 0.3 is 7.12 Å². The monoisotopic (exact) mass is 301 g/mol. The third-order valence-electron chi connectivity index (χ3n) is 5.10. The maximum Gasteiger partial charge on any atom is 0.494 e. The van der Waals surface area contributed by atoms with Crippen LogP contribution < -0.4 is 10.4 Å². The molecule has 1 aromatic carbocycles. The van der Waals surface area contributed by atoms with Crippen LogP contribution in [0.4, 0.5) is 5.69 Å². The van der Waals surface area contributed by atoms with Crippen LogP contribution in [0, 0.1) is 0 Å². The molecule has 4 nitrogen and oxygen atoms in total. The molecule has 1 aromatic rings. The van der Waals surface area contributed by atoms with E-state index in [1.54, 1.807) is 0 Å². The van der Waals surface area contributed by atoms with Gasteiger partial charge in [0.1, 0.15) is 5.78 Å². The third-order valence-corrected chi connectivity index (χ3v) is 5.10. The summed E-state index contributed by atoms with van der Waals surface area (Å²) in [5.74, 6) is 0.366. The molecule has 0 atom stereocenters. The van der Waals surface area contributed by atoms with Crippen molar-refractivity contribution in [2.24, 2.45) is 0 Å². The Balaban J connectivity index is 1.71. The molecule has 2 heterocycles. The number of piperidine rings is 1. The van der Waals surface area contributed by atoms with Crippen LogP contribution >= 0.6 is 0 Å². The van der Waals surface area contributed by atoms with Crippen LogP contribution in [0.1, 0.15) is 40.5 Å². The summed E-state index contributed by atoms with van der Waals surface area (Å²) in [4.78, 5) is 13.6. The number of benzene rings is 1. The third kappa shape index (κ3) is 2.80. The van der Waals surface area contributed by atoms with Crippen molar-refractivity contribution in [3.63, 3.8) is 0 Å². The van der Waals surface area contributed by atoms with Crippen LogP contribution in [0.2, 0.25) is 0 Å². The average molecular weight is 301 g/mol. The molecule has 118 valence electrons. The summed E-state index contributed by atoms with van der Waals surface area (Å²) >= 11 is 0. The number of carbonyl (C=O) groups is 1. The Morgan fingerprint density at radius 1 is 0.955 bits per heavy atom. The van der Waals surface area contributed by atoms with E-state index in [0.29, 0.717) is 18.6 Å². The number of carbonyl (C=O) groups excluding carboxylic acids is 1. The molecule has 2 saturated heterocycles. The SMILES string of the molecule is CC1(C)OB(c2ccc(N3CCC(=O)CC3)cc2)OC1(C)C. The van der Waals surface area contributed by atoms with Gasteiger partial charge < -0.3 is 14.2 Å². The maximum absolute atomic E-state index is 11.3. The minimum Gasteiger partial charge on any atom is -0.399 e. The first-order chi connectivity index (χ1) is 10.3. The molecular formula is C17H24BNO3. The van der Waals surface area contributed by atoms with Crippen LogP contribution in [0.5, 0.6) is 0 Å². The Morgan fingerprint density at radius 2 is 1.45 bits per heavy atom. The lowest BCUT2D eigenvalue weighted by Crippen LogP contribution is -2.41. The van der Waals surface area contributed by atoms with Gasteiger partial charge in [-0.05, 0) is 45.3 Å². The number of Topliss-reactive ketones (excluding diaryl/α,β-unsaturated/α-hetero) is 1. The number of rotatable bonds is 2. The topological polar surface area (TPSA) is 38.8 Å². The van der Waals surface area contributed by atoms with Gasteiger partial charge in [-0.3, -0.25) is 4.79 Å². The molecule has 0 radical (unpaired) electrons. The van der Waals surface area contributed by atoms with Gasteiger partial charge in [-0.25, -0.2) is 0 Å². The highest BCUT2D eigenvalue weighted by Gasteiger charge is 2.51. The second-order valence-electron chi connectivity index (χ2n) is 7.21. The molecule has 2 aliphatic rings. The zero-order valence-electron chi connectivity index (χ0n) is 13.9. The predicted octanol–water partition coefficient (Wildman–Crippen LogP) is 2.16. The molecule has 22 heavy (non-hydrogen) atoms. The molecule has 0 amide bonds. The van der Waals surface area contributed by atoms with E-state index in [1.165, 1.54) is 0 Å². The van der Waals surface area contributed by atoms with Gasteiger partial charge in [-0.15, -0.1) is 0 Å². The van der Waals surface area contributed by atoms with Crippen molar-refractivity contribution in [3.8, 4) is 0 Å². The number of hydrogen-bond acceptors (Lipinski definition) is 4. The first-order valence-electron chi connectivity index (χ1n) is 8.01. The van der Waals surface area contributed by atoms with Gasteiger partial charge in [-0.1, -0.05) is 12.1 Å². The lowest BCUT2D eigenvalue weighted by molar-refractivity contribution is -0.119. The van der Waals surface area contributed by atoms with Gasteiger partial charge in [0, 0.05) is 31.6 Å². The molecule has 0 unspecified atom stereocenters. The van der Waals surface area contributed by atoms with Crippen LogP contribution in [0.3, 0.4) is 0 Å². The molecule has 2 aliphatic heterocycles. The molecule has 0 spiro atoms. The maximum atomic E-state index is 11.3. The summed E-state index contributed by atoms with van der Waals surface area (Å²) in [6.07, 6.45) is 1.30. The van der Waals surface area contributed by atoms with Crippen LogP contribution in [-0.4, -0.2) is 37.2 Å². The van der Waals surface area contributed by atoms with E-state index in [2.05, 4.69) is 56.9 Å². The summed E-state index contributed by atoms with van der Waals surface area (Å²) in [5.41, 5.74) is 1.57. The van der Waals surface area contributed by atoms with Crippen molar-refractivity contribution in [2.75, 3.05) is 18.0 Å². The van der Waals surface area contributed by atoms with Crippen molar-refractivity contribution in [2.45, 2.75) is 51.7 Å². The normalized spacial score (nSPS) is 23.9. The number of hydrogen-bond donors (Lipinski definition) is 0. The Bertz CT molecular complexity index is 542. The fraction of sp³-hybridized carbons (Fsp3) is 0.588. The minimum absolute atomic E-state index is 0.316. The van der Waals surface area contributed by atoms with Crippen molar-refractivity contribution < 1.29 is 14.1 Å². The molecule has 0 N–H and O–H groups in total. The quantitative estimate of drug-likeness (QED) is 0.785. The lowest BCUT2D eigenvalue weighted by Gasteiger charge is -2.32. The van der Waals surface area contributed by atoms with Gasteiger partial charge in [0.15, 0.2) is 0 Å². The van der Waals surface area contributed by atoms with Crippen molar-refractivity contribution in [3.05, 3.63) is 24.3 Å². The van der Waals surface area contributed by atoms with Crippen LogP contribution in [-0.2, 0) is 14.1 Å². The van der Waals surface area contributed by atoms with Gasteiger partial charge in [0.25, 0.3) is 0 Å². The van der Waals surface area contributed by atoms with E-state index in [0.717, 1.165) is 24.2 Å². The molecular weight excluding hydrogens is 277 g/mol. The fourth-order valence-electron chi connectivity index (χ4n) is 2.84. The standard InChI is InChI=1S/C17H24BNO3/c1-16(2)17(3,4)22-18(21-16)13-5-7-14(8-6-13)19-11-9-15(20)10-12-19/h5-8H,9-12H2,1-4H3. The average Bonchev–Trinajstić information content (AvgIpc) is 2.68. The second kappa shape index (κ2) is 5.39. The number of nitrogens with zero attached hydrogens (tertiary/aromatic N) is 1. The van der Waals surface area contributed by atoms with Crippen molar-refractivity contribution in [1.82, 2.24) is 0 Å². The first kappa shape index (κ1) is 15.6. The fourth-order valence-corrected chi connectivity index (χ4v) is 2.84. The van der Waals surface area contributed by atoms with Crippen LogP contribution in [0.15, 0.2) is 24.3 Å². The van der Waals surface area contributed by atoms with E-state index in [1.807, 2.05) is 0 Å². The summed E-state index contributed by atoms with van der Waals surface area (Å²) < 4.78 is 12.1. The Kier molecular flexibility index (Phi) is 3.81. The second-order valence-corrected chi connectivity index (χ2v) is 7.21. The summed E-state index contributed by atoms with van der Waals surface area (Å²) in [6, 6.07) is 8.31. The smallest absolute Gasteiger partial charge is 0.399 e. The Labute approximate surface area is 132 Å². The predicted molar refractivity (Wildman–Crippen MR) is 88.6 cm³/mol. The summed E-state index contributed by atoms with van der Waals surface area (Å²) in [6.45, 7) is 9.87. The number of ketones is 1. The molecule has 0 bridgehead atoms. The minimum atomic E-state index is -0.318. The highest BCUT2D eigenvalue weighted by Crippen LogP contribution is 2.36. The largest absolute Gasteiger partial charge is 0.494 e. The number of anilines is 1. The van der Waals surface area contributed by atoms with E-state index >= 15 is 0 Å². The lowest BCUT2D eigenvalue weighted by atomic mass is 9.79. The van der Waals surface area contributed by atoms with E-state index < -0.39 is 0 Å². The highest BCUT2D eigenvalue weighted by molar-refractivity contribution is 6.62. The highest BCUT2D eigenvalue weighted by atomic mass is 16.7.